The highest BCUT2D eigenvalue weighted by Crippen LogP contribution is 2.16. The Hall–Kier alpha value is -0.820. The molecule has 11 heteroatoms. The summed E-state index contributed by atoms with van der Waals surface area (Å²) in [4.78, 5) is 16.8. The fourth-order valence-corrected chi connectivity index (χ4v) is 3.71. The van der Waals surface area contributed by atoms with Gasteiger partial charge in [-0.3, -0.25) is 4.99 Å². The van der Waals surface area contributed by atoms with Gasteiger partial charge < -0.3 is 20.7 Å². The van der Waals surface area contributed by atoms with Gasteiger partial charge in [0.1, 0.15) is 5.60 Å². The van der Waals surface area contributed by atoms with Crippen molar-refractivity contribution in [3.8, 4) is 0 Å². The molecule has 0 bridgehead atoms. The average molecular weight is 564 g/mol. The fraction of sp³-hybridized carbons (Fsp3) is 0.895. The van der Waals surface area contributed by atoms with Crippen molar-refractivity contribution in [1.29, 1.82) is 0 Å². The van der Waals surface area contributed by atoms with Gasteiger partial charge in [-0.2, -0.15) is 0 Å². The first kappa shape index (κ1) is 31.4. The SMILES string of the molecule is CCNC(=NCC(C)(C)NS(C)(=O)=O)NCC(CC)(CC)NC(=O)OC(C)(C)C.I. The maximum atomic E-state index is 12.3. The third-order valence-electron chi connectivity index (χ3n) is 4.15. The molecule has 0 aliphatic carbocycles. The first-order valence-corrected chi connectivity index (χ1v) is 12.0. The monoisotopic (exact) mass is 563 g/mol. The van der Waals surface area contributed by atoms with Crippen LogP contribution in [0.5, 0.6) is 0 Å². The molecule has 0 fully saturated rings. The zero-order valence-electron chi connectivity index (χ0n) is 19.9. The molecule has 0 aromatic carbocycles. The van der Waals surface area contributed by atoms with Crippen LogP contribution >= 0.6 is 24.0 Å². The predicted octanol–water partition coefficient (Wildman–Crippen LogP) is 2.57. The van der Waals surface area contributed by atoms with Crippen LogP contribution in [-0.2, 0) is 14.8 Å². The Kier molecular flexibility index (Phi) is 13.5. The van der Waals surface area contributed by atoms with Crippen LogP contribution in [0.2, 0.25) is 0 Å². The van der Waals surface area contributed by atoms with Crippen LogP contribution in [0.15, 0.2) is 4.99 Å². The second-order valence-corrected chi connectivity index (χ2v) is 10.7. The molecule has 0 radical (unpaired) electrons. The standard InChI is InChI=1S/C19H41N5O4S.HI/c1-10-19(11-2,23-16(25)28-17(4,5)6)14-22-15(20-12-3)21-13-18(7,8)24-29(9,26)27;/h24H,10-14H2,1-9H3,(H,23,25)(H2,20,21,22);1H. The number of nitrogens with one attached hydrogen (secondary N) is 4. The minimum Gasteiger partial charge on any atom is -0.444 e. The maximum absolute atomic E-state index is 12.3. The van der Waals surface area contributed by atoms with Crippen molar-refractivity contribution in [3.63, 3.8) is 0 Å². The second-order valence-electron chi connectivity index (χ2n) is 8.92. The van der Waals surface area contributed by atoms with Crippen LogP contribution in [0.1, 0.15) is 68.2 Å². The highest BCUT2D eigenvalue weighted by molar-refractivity contribution is 14.0. The van der Waals surface area contributed by atoms with Gasteiger partial charge in [-0.15, -0.1) is 24.0 Å². The number of rotatable bonds is 10. The highest BCUT2D eigenvalue weighted by atomic mass is 127. The van der Waals surface area contributed by atoms with E-state index in [1.54, 1.807) is 13.8 Å². The van der Waals surface area contributed by atoms with Crippen LogP contribution < -0.4 is 20.7 Å². The number of aliphatic imine (C=N–C) groups is 1. The minimum absolute atomic E-state index is 0. The zero-order valence-corrected chi connectivity index (χ0v) is 23.1. The van der Waals surface area contributed by atoms with E-state index in [2.05, 4.69) is 25.7 Å². The summed E-state index contributed by atoms with van der Waals surface area (Å²) in [7, 11) is -3.34. The number of hydrogen-bond donors (Lipinski definition) is 4. The summed E-state index contributed by atoms with van der Waals surface area (Å²) in [5, 5.41) is 9.40. The first-order chi connectivity index (χ1) is 13.1. The Morgan fingerprint density at radius 3 is 1.93 bits per heavy atom. The van der Waals surface area contributed by atoms with Gasteiger partial charge in [0.2, 0.25) is 10.0 Å². The van der Waals surface area contributed by atoms with Crippen LogP contribution in [0.25, 0.3) is 0 Å². The number of carbonyl (C=O) groups is 1. The molecule has 0 aromatic heterocycles. The van der Waals surface area contributed by atoms with Gasteiger partial charge >= 0.3 is 6.09 Å². The van der Waals surface area contributed by atoms with Gasteiger partial charge in [0, 0.05) is 18.6 Å². The third-order valence-corrected chi connectivity index (χ3v) is 5.08. The summed E-state index contributed by atoms with van der Waals surface area (Å²) in [5.41, 5.74) is -1.80. The third kappa shape index (κ3) is 14.2. The largest absolute Gasteiger partial charge is 0.444 e. The van der Waals surface area contributed by atoms with Crippen LogP contribution in [0.4, 0.5) is 4.79 Å². The number of guanidine groups is 1. The van der Waals surface area contributed by atoms with Gasteiger partial charge in [-0.25, -0.2) is 17.9 Å². The van der Waals surface area contributed by atoms with Crippen LogP contribution in [0.3, 0.4) is 0 Å². The predicted molar refractivity (Wildman–Crippen MR) is 134 cm³/mol. The molecule has 0 rings (SSSR count). The number of carbonyl (C=O) groups excluding carboxylic acids is 1. The number of hydrogen-bond acceptors (Lipinski definition) is 5. The van der Waals surface area contributed by atoms with Crippen LogP contribution in [0, 0.1) is 0 Å². The van der Waals surface area contributed by atoms with Crippen molar-refractivity contribution in [2.45, 2.75) is 84.9 Å². The molecule has 0 aliphatic heterocycles. The van der Waals surface area contributed by atoms with Crippen molar-refractivity contribution < 1.29 is 17.9 Å². The van der Waals surface area contributed by atoms with E-state index < -0.39 is 32.8 Å². The van der Waals surface area contributed by atoms with Crippen molar-refractivity contribution in [2.75, 3.05) is 25.9 Å². The topological polar surface area (TPSA) is 121 Å². The molecule has 0 saturated heterocycles. The molecule has 0 heterocycles. The Morgan fingerprint density at radius 2 is 1.53 bits per heavy atom. The summed E-state index contributed by atoms with van der Waals surface area (Å²) in [6.45, 7) is 16.3. The number of alkyl carbamates (subject to hydrolysis) is 1. The lowest BCUT2D eigenvalue weighted by atomic mass is 9.93. The number of halogens is 1. The fourth-order valence-electron chi connectivity index (χ4n) is 2.65. The highest BCUT2D eigenvalue weighted by Gasteiger charge is 2.31. The van der Waals surface area contributed by atoms with Crippen molar-refractivity contribution in [2.24, 2.45) is 4.99 Å². The molecule has 9 nitrogen and oxygen atoms in total. The number of nitrogens with zero attached hydrogens (tertiary/aromatic N) is 1. The molecule has 0 saturated carbocycles. The van der Waals surface area contributed by atoms with Gasteiger partial charge in [0.05, 0.1) is 18.3 Å². The normalized spacial score (nSPS) is 13.3. The summed E-state index contributed by atoms with van der Waals surface area (Å²) in [6, 6.07) is 0. The van der Waals surface area contributed by atoms with Crippen LogP contribution in [-0.4, -0.2) is 63.0 Å². The van der Waals surface area contributed by atoms with E-state index >= 15 is 0 Å². The molecular weight excluding hydrogens is 521 g/mol. The van der Waals surface area contributed by atoms with E-state index in [-0.39, 0.29) is 30.5 Å². The summed E-state index contributed by atoms with van der Waals surface area (Å²) >= 11 is 0. The lowest BCUT2D eigenvalue weighted by Crippen LogP contribution is -2.57. The Balaban J connectivity index is 0. The van der Waals surface area contributed by atoms with E-state index in [0.29, 0.717) is 31.9 Å². The minimum atomic E-state index is -3.34. The molecule has 0 aromatic rings. The molecule has 180 valence electrons. The Bertz CT molecular complexity index is 656. The molecule has 1 amide bonds. The average Bonchev–Trinajstić information content (AvgIpc) is 2.52. The molecule has 0 aliphatic rings. The molecule has 4 N–H and O–H groups in total. The Labute approximate surface area is 200 Å². The number of amides is 1. The maximum Gasteiger partial charge on any atom is 0.408 e. The Morgan fingerprint density at radius 1 is 1.00 bits per heavy atom. The number of ether oxygens (including phenoxy) is 1. The van der Waals surface area contributed by atoms with E-state index in [9.17, 15) is 13.2 Å². The van der Waals surface area contributed by atoms with Crippen molar-refractivity contribution >= 4 is 46.1 Å². The lowest BCUT2D eigenvalue weighted by molar-refractivity contribution is 0.0448. The van der Waals surface area contributed by atoms with E-state index in [1.807, 2.05) is 41.5 Å². The smallest absolute Gasteiger partial charge is 0.408 e. The quantitative estimate of drug-likeness (QED) is 0.184. The molecular formula is C19H42IN5O4S. The summed E-state index contributed by atoms with van der Waals surface area (Å²) in [6.07, 6.45) is 2.08. The van der Waals surface area contributed by atoms with Crippen molar-refractivity contribution in [3.05, 3.63) is 0 Å². The molecule has 0 atom stereocenters. The molecule has 30 heavy (non-hydrogen) atoms. The van der Waals surface area contributed by atoms with Gasteiger partial charge in [0.15, 0.2) is 5.96 Å². The summed E-state index contributed by atoms with van der Waals surface area (Å²) in [5.74, 6) is 0.549. The molecule has 0 unspecified atom stereocenters. The zero-order chi connectivity index (χ0) is 22.9. The van der Waals surface area contributed by atoms with Gasteiger partial charge in [0.25, 0.3) is 0 Å². The second kappa shape index (κ2) is 12.9. The van der Waals surface area contributed by atoms with E-state index in [1.165, 1.54) is 0 Å². The summed E-state index contributed by atoms with van der Waals surface area (Å²) < 4.78 is 31.0. The first-order valence-electron chi connectivity index (χ1n) is 10.1. The van der Waals surface area contributed by atoms with E-state index in [0.717, 1.165) is 6.26 Å². The molecule has 0 spiro atoms. The van der Waals surface area contributed by atoms with E-state index in [4.69, 9.17) is 4.74 Å². The van der Waals surface area contributed by atoms with Gasteiger partial charge in [-0.1, -0.05) is 13.8 Å². The number of sulfonamides is 1. The van der Waals surface area contributed by atoms with Crippen molar-refractivity contribution in [1.82, 2.24) is 20.7 Å². The lowest BCUT2D eigenvalue weighted by Gasteiger charge is -2.34. The van der Waals surface area contributed by atoms with Gasteiger partial charge in [-0.05, 0) is 54.4 Å².